The summed E-state index contributed by atoms with van der Waals surface area (Å²) in [5.74, 6) is 0.00695. The second-order valence-electron chi connectivity index (χ2n) is 9.98. The van der Waals surface area contributed by atoms with Crippen LogP contribution in [0.1, 0.15) is 15.9 Å². The molecular formula is C35H22N2O2. The smallest absolute Gasteiger partial charge is 0.194 e. The van der Waals surface area contributed by atoms with E-state index in [0.29, 0.717) is 16.8 Å². The highest BCUT2D eigenvalue weighted by molar-refractivity contribution is 6.29. The zero-order valence-corrected chi connectivity index (χ0v) is 20.8. The molecule has 1 aliphatic rings. The van der Waals surface area contributed by atoms with Crippen LogP contribution in [-0.4, -0.2) is 15.6 Å². The van der Waals surface area contributed by atoms with Gasteiger partial charge in [0.25, 0.3) is 0 Å². The lowest BCUT2D eigenvalue weighted by atomic mass is 9.89. The molecule has 0 atom stereocenters. The third kappa shape index (κ3) is 3.00. The molecule has 0 saturated heterocycles. The van der Waals surface area contributed by atoms with E-state index in [9.17, 15) is 10.0 Å². The van der Waals surface area contributed by atoms with Gasteiger partial charge in [-0.2, -0.15) is 0 Å². The van der Waals surface area contributed by atoms with E-state index in [1.807, 2.05) is 60.7 Å². The van der Waals surface area contributed by atoms with E-state index in [0.717, 1.165) is 49.7 Å². The van der Waals surface area contributed by atoms with Crippen molar-refractivity contribution in [1.29, 1.82) is 0 Å². The number of benzene rings is 6. The van der Waals surface area contributed by atoms with Crippen molar-refractivity contribution >= 4 is 44.0 Å². The zero-order chi connectivity index (χ0) is 26.1. The van der Waals surface area contributed by atoms with Gasteiger partial charge in [0, 0.05) is 38.7 Å². The molecular weight excluding hydrogens is 480 g/mol. The molecule has 4 nitrogen and oxygen atoms in total. The fourth-order valence-corrected chi connectivity index (χ4v) is 6.30. The van der Waals surface area contributed by atoms with E-state index in [4.69, 9.17) is 0 Å². The van der Waals surface area contributed by atoms with Crippen molar-refractivity contribution < 1.29 is 10.0 Å². The normalized spacial score (nSPS) is 12.3. The third-order valence-electron chi connectivity index (χ3n) is 7.97. The van der Waals surface area contributed by atoms with Gasteiger partial charge < -0.3 is 4.57 Å². The van der Waals surface area contributed by atoms with E-state index < -0.39 is 0 Å². The van der Waals surface area contributed by atoms with Crippen molar-refractivity contribution in [3.8, 4) is 27.9 Å². The van der Waals surface area contributed by atoms with Crippen LogP contribution in [0.2, 0.25) is 0 Å². The van der Waals surface area contributed by atoms with Crippen molar-refractivity contribution in [1.82, 2.24) is 4.57 Å². The lowest BCUT2D eigenvalue weighted by molar-refractivity contribution is 0.104. The van der Waals surface area contributed by atoms with Gasteiger partial charge >= 0.3 is 0 Å². The van der Waals surface area contributed by atoms with Gasteiger partial charge in [-0.3, -0.25) is 15.5 Å². The summed E-state index contributed by atoms with van der Waals surface area (Å²) in [6.45, 7) is 0. The molecule has 39 heavy (non-hydrogen) atoms. The lowest BCUT2D eigenvalue weighted by Gasteiger charge is -2.17. The first-order valence-electron chi connectivity index (χ1n) is 13.0. The molecule has 0 spiro atoms. The zero-order valence-electron chi connectivity index (χ0n) is 20.8. The highest BCUT2D eigenvalue weighted by atomic mass is 16.5. The van der Waals surface area contributed by atoms with Gasteiger partial charge in [0.05, 0.1) is 16.7 Å². The number of carbonyl (C=O) groups is 1. The minimum absolute atomic E-state index is 0.00695. The summed E-state index contributed by atoms with van der Waals surface area (Å²) in [7, 11) is 0. The number of aromatic nitrogens is 1. The number of para-hydroxylation sites is 2. The molecule has 0 aliphatic heterocycles. The Balaban J connectivity index is 1.46. The molecule has 2 N–H and O–H groups in total. The summed E-state index contributed by atoms with van der Waals surface area (Å²) in [6, 6.07) is 40.8. The van der Waals surface area contributed by atoms with Crippen LogP contribution in [0.25, 0.3) is 60.5 Å². The molecule has 0 radical (unpaired) electrons. The standard InChI is InChI=1S/C35H22N2O2/c38-35-27-14-4-3-13-26(27)33-23-10-2-1-9-21(23)19-29(34(33)35)28-20-22(17-18-30(28)36-39)37-31-15-7-5-11-24(31)25-12-6-8-16-32(25)37/h1-20,36,39H. The van der Waals surface area contributed by atoms with Crippen molar-refractivity contribution in [2.75, 3.05) is 5.48 Å². The monoisotopic (exact) mass is 502 g/mol. The van der Waals surface area contributed by atoms with Gasteiger partial charge in [-0.05, 0) is 58.3 Å². The van der Waals surface area contributed by atoms with E-state index in [1.54, 1.807) is 0 Å². The fraction of sp³-hybridized carbons (Fsp3) is 0. The first kappa shape index (κ1) is 21.9. The number of fused-ring (bicyclic) bond motifs is 8. The minimum Gasteiger partial charge on any atom is -0.309 e. The van der Waals surface area contributed by atoms with E-state index in [2.05, 4.69) is 70.7 Å². The van der Waals surface area contributed by atoms with Crippen molar-refractivity contribution in [2.24, 2.45) is 0 Å². The number of ketones is 1. The maximum absolute atomic E-state index is 13.9. The Morgan fingerprint density at radius 3 is 1.87 bits per heavy atom. The Morgan fingerprint density at radius 2 is 1.15 bits per heavy atom. The number of nitrogens with one attached hydrogen (secondary N) is 1. The Morgan fingerprint density at radius 1 is 0.538 bits per heavy atom. The molecule has 4 heteroatoms. The summed E-state index contributed by atoms with van der Waals surface area (Å²) in [4.78, 5) is 13.9. The summed E-state index contributed by atoms with van der Waals surface area (Å²) in [5, 5.41) is 14.6. The average Bonchev–Trinajstić information content (AvgIpc) is 3.49. The largest absolute Gasteiger partial charge is 0.309 e. The molecule has 1 aliphatic carbocycles. The van der Waals surface area contributed by atoms with Crippen LogP contribution < -0.4 is 5.48 Å². The molecule has 0 amide bonds. The van der Waals surface area contributed by atoms with Gasteiger partial charge in [-0.1, -0.05) is 84.9 Å². The van der Waals surface area contributed by atoms with Gasteiger partial charge in [0.15, 0.2) is 5.78 Å². The highest BCUT2D eigenvalue weighted by Crippen LogP contribution is 2.47. The SMILES string of the molecule is O=C1c2ccccc2-c2c1c(-c1cc(-n3c4ccccc4c4ccccc43)ccc1NO)cc1ccccc21. The van der Waals surface area contributed by atoms with Gasteiger partial charge in [0.1, 0.15) is 0 Å². The van der Waals surface area contributed by atoms with Crippen molar-refractivity contribution in [3.63, 3.8) is 0 Å². The van der Waals surface area contributed by atoms with Crippen LogP contribution in [0.3, 0.4) is 0 Å². The summed E-state index contributed by atoms with van der Waals surface area (Å²) in [6.07, 6.45) is 0. The summed E-state index contributed by atoms with van der Waals surface area (Å²) < 4.78 is 2.24. The summed E-state index contributed by atoms with van der Waals surface area (Å²) in [5.41, 5.74) is 10.9. The molecule has 8 rings (SSSR count). The third-order valence-corrected chi connectivity index (χ3v) is 7.97. The Hall–Kier alpha value is -5.19. The second-order valence-corrected chi connectivity index (χ2v) is 9.98. The quantitative estimate of drug-likeness (QED) is 0.238. The molecule has 184 valence electrons. The fourth-order valence-electron chi connectivity index (χ4n) is 6.30. The van der Waals surface area contributed by atoms with Crippen molar-refractivity contribution in [2.45, 2.75) is 0 Å². The van der Waals surface area contributed by atoms with Crippen LogP contribution in [-0.2, 0) is 0 Å². The highest BCUT2D eigenvalue weighted by Gasteiger charge is 2.32. The van der Waals surface area contributed by atoms with Gasteiger partial charge in [0.2, 0.25) is 0 Å². The maximum Gasteiger partial charge on any atom is 0.194 e. The number of hydrogen-bond donors (Lipinski definition) is 2. The van der Waals surface area contributed by atoms with E-state index >= 15 is 0 Å². The Labute approximate surface area is 224 Å². The van der Waals surface area contributed by atoms with E-state index in [1.165, 1.54) is 10.8 Å². The molecule has 6 aromatic carbocycles. The van der Waals surface area contributed by atoms with Crippen LogP contribution in [0.15, 0.2) is 121 Å². The van der Waals surface area contributed by atoms with Crippen LogP contribution in [0, 0.1) is 0 Å². The number of carbonyl (C=O) groups excluding carboxylic acids is 1. The Bertz CT molecular complexity index is 2080. The first-order valence-corrected chi connectivity index (χ1v) is 13.0. The first-order chi connectivity index (χ1) is 19.2. The van der Waals surface area contributed by atoms with Gasteiger partial charge in [-0.15, -0.1) is 0 Å². The Kier molecular flexibility index (Phi) is 4.57. The van der Waals surface area contributed by atoms with Crippen LogP contribution >= 0.6 is 0 Å². The molecule has 0 unspecified atom stereocenters. The second kappa shape index (κ2) is 8.15. The molecule has 7 aromatic rings. The summed E-state index contributed by atoms with van der Waals surface area (Å²) >= 11 is 0. The number of rotatable bonds is 3. The van der Waals surface area contributed by atoms with E-state index in [-0.39, 0.29) is 5.78 Å². The molecule has 1 aromatic heterocycles. The molecule has 0 saturated carbocycles. The number of anilines is 1. The topological polar surface area (TPSA) is 54.3 Å². The predicted molar refractivity (Wildman–Crippen MR) is 158 cm³/mol. The molecule has 0 bridgehead atoms. The van der Waals surface area contributed by atoms with Crippen LogP contribution in [0.4, 0.5) is 5.69 Å². The minimum atomic E-state index is 0.00695. The average molecular weight is 503 g/mol. The van der Waals surface area contributed by atoms with Gasteiger partial charge in [-0.25, -0.2) is 0 Å². The van der Waals surface area contributed by atoms with Crippen LogP contribution in [0.5, 0.6) is 0 Å². The molecule has 1 heterocycles. The number of hydrogen-bond acceptors (Lipinski definition) is 3. The molecule has 0 fully saturated rings. The lowest BCUT2D eigenvalue weighted by Crippen LogP contribution is -2.02. The van der Waals surface area contributed by atoms with Crippen molar-refractivity contribution in [3.05, 3.63) is 132 Å². The predicted octanol–water partition coefficient (Wildman–Crippen LogP) is 8.62. The number of nitrogens with zero attached hydrogens (tertiary/aromatic N) is 1. The maximum atomic E-state index is 13.9.